The Balaban J connectivity index is 1.71. The molecular weight excluding hydrogens is 600 g/mol. The molecule has 4 N–H and O–H groups in total. The van der Waals surface area contributed by atoms with Crippen molar-refractivity contribution in [3.8, 4) is 0 Å². The maximum atomic E-state index is 12.4. The summed E-state index contributed by atoms with van der Waals surface area (Å²) in [6.07, 6.45) is 0.194. The number of nitrogens with one attached hydrogen (secondary N) is 3. The van der Waals surface area contributed by atoms with Gasteiger partial charge >= 0.3 is 18.2 Å². The number of aliphatic imine (C=N–C) groups is 1. The van der Waals surface area contributed by atoms with Crippen molar-refractivity contribution in [2.24, 2.45) is 10.9 Å². The van der Waals surface area contributed by atoms with Crippen LogP contribution in [0.1, 0.15) is 77.9 Å². The average Bonchev–Trinajstić information content (AvgIpc) is 3.43. The van der Waals surface area contributed by atoms with E-state index in [-0.39, 0.29) is 17.9 Å². The molecule has 1 aromatic heterocycles. The Bertz CT molecular complexity index is 1410. The number of ether oxygens (including phenoxy) is 2. The zero-order valence-electron chi connectivity index (χ0n) is 27.1. The third-order valence-electron chi connectivity index (χ3n) is 6.69. The van der Waals surface area contributed by atoms with Gasteiger partial charge in [0, 0.05) is 30.1 Å². The number of rotatable bonds is 8. The molecule has 2 atom stereocenters. The molecule has 0 bridgehead atoms. The topological polar surface area (TPSA) is 172 Å². The van der Waals surface area contributed by atoms with Crippen molar-refractivity contribution in [1.82, 2.24) is 15.2 Å². The maximum absolute atomic E-state index is 12.4. The van der Waals surface area contributed by atoms with Crippen molar-refractivity contribution >= 4 is 52.2 Å². The number of nitrogens with zero attached hydrogens (tertiary/aromatic N) is 3. The monoisotopic (exact) mass is 644 g/mol. The van der Waals surface area contributed by atoms with Crippen molar-refractivity contribution in [3.63, 3.8) is 0 Å². The summed E-state index contributed by atoms with van der Waals surface area (Å²) in [6.45, 7) is 14.9. The number of thiazole rings is 1. The number of aliphatic carboxylic acids is 1. The molecule has 1 fully saturated rings. The number of carboxylic acids is 1. The van der Waals surface area contributed by atoms with E-state index in [0.717, 1.165) is 16.1 Å². The second kappa shape index (κ2) is 14.8. The highest BCUT2D eigenvalue weighted by Crippen LogP contribution is 2.31. The van der Waals surface area contributed by atoms with Gasteiger partial charge in [0.05, 0.1) is 11.6 Å². The van der Waals surface area contributed by atoms with Gasteiger partial charge in [0.2, 0.25) is 11.9 Å². The number of guanidine groups is 1. The van der Waals surface area contributed by atoms with E-state index < -0.39 is 35.3 Å². The molecule has 1 unspecified atom stereocenters. The minimum atomic E-state index is -0.878. The summed E-state index contributed by atoms with van der Waals surface area (Å²) in [7, 11) is 0. The Morgan fingerprint density at radius 1 is 1.02 bits per heavy atom. The van der Waals surface area contributed by atoms with Crippen molar-refractivity contribution in [2.45, 2.75) is 98.4 Å². The van der Waals surface area contributed by atoms with Gasteiger partial charge in [0.1, 0.15) is 11.2 Å². The predicted molar refractivity (Wildman–Crippen MR) is 173 cm³/mol. The number of hydrogen-bond acceptors (Lipinski definition) is 9. The molecule has 45 heavy (non-hydrogen) atoms. The number of carboxylic acid groups (broad SMARTS) is 1. The van der Waals surface area contributed by atoms with E-state index in [1.807, 2.05) is 19.1 Å². The Morgan fingerprint density at radius 3 is 2.22 bits per heavy atom. The maximum Gasteiger partial charge on any atom is 0.437 e. The SMILES string of the molecule is CC(=O)Nc1nc(CCc2ccc(NC(=NC(=O)OC(C)(C)C)NC(=O)OC(C)(C)C)cc2)c(CN2CC[C@@H](C(=O)O)C2C)s1. The van der Waals surface area contributed by atoms with Crippen molar-refractivity contribution < 1.29 is 33.8 Å². The predicted octanol–water partition coefficient (Wildman–Crippen LogP) is 5.41. The second-order valence-electron chi connectivity index (χ2n) is 12.9. The third-order valence-corrected chi connectivity index (χ3v) is 7.69. The van der Waals surface area contributed by atoms with E-state index in [9.17, 15) is 24.3 Å². The number of hydrogen-bond donors (Lipinski definition) is 4. The van der Waals surface area contributed by atoms with Crippen LogP contribution in [0.2, 0.25) is 0 Å². The van der Waals surface area contributed by atoms with Crippen LogP contribution < -0.4 is 16.0 Å². The quantitative estimate of drug-likeness (QED) is 0.215. The largest absolute Gasteiger partial charge is 0.481 e. The van der Waals surface area contributed by atoms with Crippen LogP contribution in [0, 0.1) is 5.92 Å². The molecule has 2 aromatic rings. The van der Waals surface area contributed by atoms with Crippen LogP contribution in [0.5, 0.6) is 0 Å². The summed E-state index contributed by atoms with van der Waals surface area (Å²) in [5, 5.41) is 18.2. The molecule has 1 aliphatic heterocycles. The molecule has 3 rings (SSSR count). The lowest BCUT2D eigenvalue weighted by Gasteiger charge is -2.22. The second-order valence-corrected chi connectivity index (χ2v) is 14.0. The Kier molecular flexibility index (Phi) is 11.7. The Labute approximate surface area is 267 Å². The third kappa shape index (κ3) is 11.8. The van der Waals surface area contributed by atoms with Gasteiger partial charge < -0.3 is 25.2 Å². The number of alkyl carbamates (subject to hydrolysis) is 1. The molecule has 13 nitrogen and oxygen atoms in total. The molecular formula is C31H44N6O7S. The van der Waals surface area contributed by atoms with E-state index in [4.69, 9.17) is 9.47 Å². The first-order valence-corrected chi connectivity index (χ1v) is 15.6. The zero-order valence-corrected chi connectivity index (χ0v) is 28.0. The molecule has 1 saturated heterocycles. The number of amides is 3. The first-order chi connectivity index (χ1) is 20.9. The molecule has 0 radical (unpaired) electrons. The summed E-state index contributed by atoms with van der Waals surface area (Å²) in [6, 6.07) is 7.29. The van der Waals surface area contributed by atoms with Crippen LogP contribution >= 0.6 is 11.3 Å². The van der Waals surface area contributed by atoms with Gasteiger partial charge in [0.15, 0.2) is 5.13 Å². The van der Waals surface area contributed by atoms with Gasteiger partial charge in [-0.05, 0) is 92.0 Å². The fourth-order valence-electron chi connectivity index (χ4n) is 4.67. The normalized spacial score (nSPS) is 17.5. The van der Waals surface area contributed by atoms with Crippen LogP contribution in [-0.2, 0) is 38.4 Å². The number of anilines is 2. The van der Waals surface area contributed by atoms with Crippen molar-refractivity contribution in [2.75, 3.05) is 17.2 Å². The Morgan fingerprint density at radius 2 is 1.67 bits per heavy atom. The van der Waals surface area contributed by atoms with Crippen LogP contribution in [0.15, 0.2) is 29.3 Å². The lowest BCUT2D eigenvalue weighted by atomic mass is 10.0. The molecule has 0 aliphatic carbocycles. The van der Waals surface area contributed by atoms with Gasteiger partial charge in [-0.1, -0.05) is 12.1 Å². The fraction of sp³-hybridized carbons (Fsp3) is 0.548. The molecule has 2 heterocycles. The van der Waals surface area contributed by atoms with Gasteiger partial charge in [0.25, 0.3) is 0 Å². The minimum absolute atomic E-state index is 0.102. The van der Waals surface area contributed by atoms with Crippen LogP contribution in [0.4, 0.5) is 20.4 Å². The number of carbonyl (C=O) groups excluding carboxylic acids is 3. The molecule has 3 amide bonds. The molecule has 246 valence electrons. The van der Waals surface area contributed by atoms with E-state index in [1.54, 1.807) is 53.7 Å². The molecule has 1 aliphatic rings. The van der Waals surface area contributed by atoms with Gasteiger partial charge in [-0.25, -0.2) is 14.6 Å². The van der Waals surface area contributed by atoms with Crippen LogP contribution in [0.3, 0.4) is 0 Å². The molecule has 0 spiro atoms. The van der Waals surface area contributed by atoms with Gasteiger partial charge in [-0.15, -0.1) is 16.3 Å². The molecule has 1 aromatic carbocycles. The summed E-state index contributed by atoms with van der Waals surface area (Å²) in [4.78, 5) is 59.7. The van der Waals surface area contributed by atoms with E-state index >= 15 is 0 Å². The highest BCUT2D eigenvalue weighted by atomic mass is 32.1. The van der Waals surface area contributed by atoms with E-state index in [2.05, 4.69) is 30.8 Å². The number of benzene rings is 1. The van der Waals surface area contributed by atoms with Crippen molar-refractivity contribution in [3.05, 3.63) is 40.4 Å². The highest BCUT2D eigenvalue weighted by molar-refractivity contribution is 7.15. The molecule has 0 saturated carbocycles. The van der Waals surface area contributed by atoms with Crippen molar-refractivity contribution in [1.29, 1.82) is 0 Å². The van der Waals surface area contributed by atoms with Gasteiger partial charge in [-0.3, -0.25) is 19.8 Å². The van der Waals surface area contributed by atoms with E-state index in [0.29, 0.717) is 43.2 Å². The first-order valence-electron chi connectivity index (χ1n) is 14.8. The Hall–Kier alpha value is -4.04. The summed E-state index contributed by atoms with van der Waals surface area (Å²) < 4.78 is 10.6. The number of carbonyl (C=O) groups is 4. The zero-order chi connectivity index (χ0) is 33.5. The number of aryl methyl sites for hydroxylation is 2. The first kappa shape index (κ1) is 35.4. The number of likely N-dealkylation sites (tertiary alicyclic amines) is 1. The smallest absolute Gasteiger partial charge is 0.437 e. The lowest BCUT2D eigenvalue weighted by molar-refractivity contribution is -0.142. The minimum Gasteiger partial charge on any atom is -0.481 e. The van der Waals surface area contributed by atoms with Crippen LogP contribution in [0.25, 0.3) is 0 Å². The fourth-order valence-corrected chi connectivity index (χ4v) is 5.75. The van der Waals surface area contributed by atoms with Crippen LogP contribution in [-0.4, -0.2) is 68.8 Å². The summed E-state index contributed by atoms with van der Waals surface area (Å²) in [5.41, 5.74) is 0.899. The van der Waals surface area contributed by atoms with E-state index in [1.165, 1.54) is 18.3 Å². The summed E-state index contributed by atoms with van der Waals surface area (Å²) in [5.74, 6) is -1.54. The number of aromatic nitrogens is 1. The summed E-state index contributed by atoms with van der Waals surface area (Å²) >= 11 is 1.41. The lowest BCUT2D eigenvalue weighted by Crippen LogP contribution is -2.40. The standard InChI is InChI=1S/C31H44N6O7S/c1-18-22(25(39)40)15-16-37(18)17-24-23(34-27(45-24)32-19(2)38)14-11-20-9-12-21(13-10-20)33-26(35-28(41)43-30(3,4)5)36-29(42)44-31(6,7)8/h9-10,12-13,18,22H,11,14-17H2,1-8H3,(H,39,40)(H,32,34,38)(H2,33,35,36,41,42)/t18?,22-/m1/s1. The molecule has 14 heteroatoms. The van der Waals surface area contributed by atoms with Gasteiger partial charge in [-0.2, -0.15) is 0 Å². The highest BCUT2D eigenvalue weighted by Gasteiger charge is 2.36. The average molecular weight is 645 g/mol.